The number of rotatable bonds is 2. The normalized spacial score (nSPS) is 17.0. The van der Waals surface area contributed by atoms with Crippen LogP contribution in [-0.4, -0.2) is 9.97 Å². The monoisotopic (exact) mass is 278 g/mol. The summed E-state index contributed by atoms with van der Waals surface area (Å²) in [6.07, 6.45) is 7.74. The molecule has 2 aromatic heterocycles. The van der Waals surface area contributed by atoms with Crippen LogP contribution in [0.5, 0.6) is 0 Å². The van der Waals surface area contributed by atoms with Gasteiger partial charge >= 0.3 is 0 Å². The van der Waals surface area contributed by atoms with Crippen LogP contribution in [0.25, 0.3) is 11.1 Å². The van der Waals surface area contributed by atoms with Gasteiger partial charge in [-0.15, -0.1) is 0 Å². The van der Waals surface area contributed by atoms with E-state index < -0.39 is 0 Å². The zero-order valence-corrected chi connectivity index (χ0v) is 12.1. The molecule has 2 heterocycles. The van der Waals surface area contributed by atoms with Gasteiger partial charge in [0.25, 0.3) is 0 Å². The quantitative estimate of drug-likeness (QED) is 0.915. The number of anilines is 1. The third kappa shape index (κ3) is 2.36. The number of nitrogen functional groups attached to an aromatic ring is 1. The van der Waals surface area contributed by atoms with Gasteiger partial charge in [-0.1, -0.05) is 19.4 Å². The molecule has 0 bridgehead atoms. The molecule has 106 valence electrons. The number of hydrogen-bond acceptors (Lipinski definition) is 4. The highest BCUT2D eigenvalue weighted by Gasteiger charge is 2.25. The van der Waals surface area contributed by atoms with E-state index in [-0.39, 0.29) is 0 Å². The minimum absolute atomic E-state index is 0.338. The highest BCUT2D eigenvalue weighted by molar-refractivity contribution is 5.78. The molecule has 1 atom stereocenters. The van der Waals surface area contributed by atoms with Crippen molar-refractivity contribution in [1.82, 2.24) is 9.97 Å². The van der Waals surface area contributed by atoms with Crippen LogP contribution in [0.3, 0.4) is 0 Å². The van der Waals surface area contributed by atoms with Crippen LogP contribution in [0.15, 0.2) is 24.5 Å². The summed E-state index contributed by atoms with van der Waals surface area (Å²) in [5, 5.41) is 9.49. The molecule has 0 aromatic carbocycles. The lowest BCUT2D eigenvalue weighted by molar-refractivity contribution is 0.440. The van der Waals surface area contributed by atoms with E-state index in [1.54, 1.807) is 12.4 Å². The number of hydrogen-bond donors (Lipinski definition) is 1. The summed E-state index contributed by atoms with van der Waals surface area (Å²) in [4.78, 5) is 8.66. The smallest absolute Gasteiger partial charge is 0.142 e. The number of aryl methyl sites for hydroxylation is 1. The zero-order valence-electron chi connectivity index (χ0n) is 12.1. The molecule has 0 aliphatic heterocycles. The number of pyridine rings is 2. The second-order valence-corrected chi connectivity index (χ2v) is 5.54. The maximum Gasteiger partial charge on any atom is 0.142 e. The summed E-state index contributed by atoms with van der Waals surface area (Å²) in [6.45, 7) is 2.22. The van der Waals surface area contributed by atoms with Gasteiger partial charge in [0, 0.05) is 29.2 Å². The van der Waals surface area contributed by atoms with Gasteiger partial charge < -0.3 is 5.73 Å². The van der Waals surface area contributed by atoms with Crippen LogP contribution >= 0.6 is 0 Å². The van der Waals surface area contributed by atoms with Gasteiger partial charge in [-0.05, 0) is 36.8 Å². The van der Waals surface area contributed by atoms with Crippen LogP contribution in [0, 0.1) is 17.2 Å². The molecule has 2 aromatic rings. The van der Waals surface area contributed by atoms with Crippen LogP contribution in [-0.2, 0) is 12.8 Å². The Morgan fingerprint density at radius 2 is 2.33 bits per heavy atom. The molecule has 1 unspecified atom stereocenters. The second-order valence-electron chi connectivity index (χ2n) is 5.54. The number of aromatic nitrogens is 2. The number of nitrogens with two attached hydrogens (primary N) is 1. The highest BCUT2D eigenvalue weighted by Crippen LogP contribution is 2.37. The maximum absolute atomic E-state index is 9.49. The summed E-state index contributed by atoms with van der Waals surface area (Å²) in [5.41, 5.74) is 10.6. The van der Waals surface area contributed by atoms with Crippen molar-refractivity contribution in [3.8, 4) is 17.2 Å². The van der Waals surface area contributed by atoms with E-state index in [1.807, 2.05) is 12.1 Å². The number of nitrogens with zero attached hydrogens (tertiary/aromatic N) is 3. The minimum atomic E-state index is 0.338. The van der Waals surface area contributed by atoms with Gasteiger partial charge in [0.05, 0.1) is 0 Å². The molecule has 1 aliphatic rings. The average molecular weight is 278 g/mol. The summed E-state index contributed by atoms with van der Waals surface area (Å²) in [5.74, 6) is 0.995. The fraction of sp³-hybridized carbons (Fsp3) is 0.353. The van der Waals surface area contributed by atoms with Crippen molar-refractivity contribution in [2.24, 2.45) is 5.92 Å². The van der Waals surface area contributed by atoms with Gasteiger partial charge in [-0.2, -0.15) is 5.26 Å². The third-order valence-corrected chi connectivity index (χ3v) is 4.33. The maximum atomic E-state index is 9.49. The van der Waals surface area contributed by atoms with Gasteiger partial charge in [0.1, 0.15) is 17.5 Å². The first-order chi connectivity index (χ1) is 10.2. The predicted molar refractivity (Wildman–Crippen MR) is 82.4 cm³/mol. The molecule has 4 nitrogen and oxygen atoms in total. The van der Waals surface area contributed by atoms with E-state index in [0.29, 0.717) is 17.3 Å². The Hall–Kier alpha value is -2.41. The van der Waals surface area contributed by atoms with Crippen LogP contribution in [0.2, 0.25) is 0 Å². The van der Waals surface area contributed by atoms with E-state index in [1.165, 1.54) is 5.56 Å². The molecule has 0 fully saturated rings. The van der Waals surface area contributed by atoms with E-state index in [4.69, 9.17) is 5.73 Å². The van der Waals surface area contributed by atoms with E-state index >= 15 is 0 Å². The molecule has 21 heavy (non-hydrogen) atoms. The van der Waals surface area contributed by atoms with E-state index in [0.717, 1.165) is 42.5 Å². The average Bonchev–Trinajstić information content (AvgIpc) is 2.54. The molecule has 0 amide bonds. The van der Waals surface area contributed by atoms with Crippen molar-refractivity contribution in [3.63, 3.8) is 0 Å². The number of fused-ring (bicyclic) bond motifs is 1. The Balaban J connectivity index is 2.25. The summed E-state index contributed by atoms with van der Waals surface area (Å²) >= 11 is 0. The van der Waals surface area contributed by atoms with Crippen molar-refractivity contribution >= 4 is 5.82 Å². The molecule has 4 heteroatoms. The van der Waals surface area contributed by atoms with E-state index in [2.05, 4.69) is 23.0 Å². The number of nitriles is 1. The Morgan fingerprint density at radius 3 is 3.00 bits per heavy atom. The van der Waals surface area contributed by atoms with E-state index in [9.17, 15) is 5.26 Å². The second kappa shape index (κ2) is 5.53. The minimum Gasteiger partial charge on any atom is -0.383 e. The molecular weight excluding hydrogens is 260 g/mol. The Labute approximate surface area is 124 Å². The van der Waals surface area contributed by atoms with Crippen molar-refractivity contribution in [2.75, 3.05) is 5.73 Å². The van der Waals surface area contributed by atoms with Crippen LogP contribution in [0.4, 0.5) is 5.82 Å². The predicted octanol–water partition coefficient (Wildman–Crippen LogP) is 3.11. The Bertz CT molecular complexity index is 701. The van der Waals surface area contributed by atoms with Crippen LogP contribution < -0.4 is 5.73 Å². The van der Waals surface area contributed by atoms with Gasteiger partial charge in [0.2, 0.25) is 0 Å². The fourth-order valence-corrected chi connectivity index (χ4v) is 3.14. The van der Waals surface area contributed by atoms with Crippen molar-refractivity contribution < 1.29 is 0 Å². The largest absolute Gasteiger partial charge is 0.383 e. The standard InChI is InChI=1S/C17H18N4/c1-2-11-5-6-15-13(8-11)16(12-4-3-7-20-10-12)14(9-18)17(19)21-15/h3-4,7,10-11H,2,5-6,8H2,1H3,(H2,19,21). The first-order valence-electron chi connectivity index (χ1n) is 7.36. The van der Waals surface area contributed by atoms with Crippen molar-refractivity contribution in [2.45, 2.75) is 32.6 Å². The highest BCUT2D eigenvalue weighted by atomic mass is 14.9. The Morgan fingerprint density at radius 1 is 1.48 bits per heavy atom. The SMILES string of the molecule is CCC1CCc2nc(N)c(C#N)c(-c3cccnc3)c2C1. The van der Waals surface area contributed by atoms with Crippen LogP contribution in [0.1, 0.15) is 36.6 Å². The van der Waals surface area contributed by atoms with Crippen molar-refractivity contribution in [1.29, 1.82) is 5.26 Å². The molecular formula is C17H18N4. The third-order valence-electron chi connectivity index (χ3n) is 4.33. The lowest BCUT2D eigenvalue weighted by Gasteiger charge is -2.26. The van der Waals surface area contributed by atoms with Gasteiger partial charge in [-0.25, -0.2) is 4.98 Å². The summed E-state index contributed by atoms with van der Waals surface area (Å²) in [7, 11) is 0. The molecule has 0 radical (unpaired) electrons. The van der Waals surface area contributed by atoms with Gasteiger partial charge in [0.15, 0.2) is 0 Å². The molecule has 3 rings (SSSR count). The molecule has 0 saturated carbocycles. The zero-order chi connectivity index (χ0) is 14.8. The lowest BCUT2D eigenvalue weighted by Crippen LogP contribution is -2.18. The first kappa shape index (κ1) is 13.6. The molecule has 0 spiro atoms. The molecule has 2 N–H and O–H groups in total. The summed E-state index contributed by atoms with van der Waals surface area (Å²) < 4.78 is 0. The topological polar surface area (TPSA) is 75.6 Å². The molecule has 1 aliphatic carbocycles. The van der Waals surface area contributed by atoms with Gasteiger partial charge in [-0.3, -0.25) is 4.98 Å². The Kier molecular flexibility index (Phi) is 3.57. The summed E-state index contributed by atoms with van der Waals surface area (Å²) in [6, 6.07) is 6.10. The molecule has 0 saturated heterocycles. The lowest BCUT2D eigenvalue weighted by atomic mass is 9.80. The fourth-order valence-electron chi connectivity index (χ4n) is 3.14. The van der Waals surface area contributed by atoms with Crippen molar-refractivity contribution in [3.05, 3.63) is 41.3 Å². The first-order valence-corrected chi connectivity index (χ1v) is 7.36.